The van der Waals surface area contributed by atoms with Gasteiger partial charge in [-0.1, -0.05) is 24.3 Å². The Bertz CT molecular complexity index is 1070. The molecule has 0 aliphatic carbocycles. The number of carbonyl (C=O) groups excluding carboxylic acids is 1. The fraction of sp³-hybridized carbons (Fsp3) is 0.136. The number of amides is 1. The molecule has 0 saturated heterocycles. The predicted octanol–water partition coefficient (Wildman–Crippen LogP) is 5.23. The fourth-order valence-electron chi connectivity index (χ4n) is 2.83. The maximum atomic E-state index is 13.9. The van der Waals surface area contributed by atoms with Crippen LogP contribution < -0.4 is 0 Å². The van der Waals surface area contributed by atoms with E-state index in [1.54, 1.807) is 56.4 Å². The normalized spacial score (nSPS) is 12.1. The molecule has 1 amide bonds. The topological polar surface area (TPSA) is 76.6 Å². The van der Waals surface area contributed by atoms with E-state index in [0.29, 0.717) is 22.6 Å². The predicted molar refractivity (Wildman–Crippen MR) is 107 cm³/mol. The summed E-state index contributed by atoms with van der Waals surface area (Å²) in [5.41, 5.74) is 0.972. The van der Waals surface area contributed by atoms with Crippen LogP contribution in [0.4, 0.5) is 10.1 Å². The highest BCUT2D eigenvalue weighted by Crippen LogP contribution is 2.26. The number of nitro groups is 1. The van der Waals surface area contributed by atoms with Gasteiger partial charge < -0.3 is 9.32 Å². The summed E-state index contributed by atoms with van der Waals surface area (Å²) in [7, 11) is 1.61. The van der Waals surface area contributed by atoms with Crippen LogP contribution >= 0.6 is 0 Å². The maximum Gasteiger partial charge on any atom is 0.269 e. The second-order valence-electron chi connectivity index (χ2n) is 6.49. The van der Waals surface area contributed by atoms with E-state index in [1.165, 1.54) is 35.3 Å². The number of non-ortho nitro benzene ring substituents is 1. The third-order valence-corrected chi connectivity index (χ3v) is 4.65. The zero-order valence-electron chi connectivity index (χ0n) is 15.9. The molecule has 3 aromatic rings. The molecule has 148 valence electrons. The average Bonchev–Trinajstić information content (AvgIpc) is 3.20. The summed E-state index contributed by atoms with van der Waals surface area (Å²) < 4.78 is 19.4. The highest BCUT2D eigenvalue weighted by atomic mass is 19.1. The highest BCUT2D eigenvalue weighted by Gasteiger charge is 2.18. The van der Waals surface area contributed by atoms with Gasteiger partial charge >= 0.3 is 0 Å². The van der Waals surface area contributed by atoms with E-state index < -0.39 is 4.92 Å². The molecule has 1 heterocycles. The second-order valence-corrected chi connectivity index (χ2v) is 6.49. The summed E-state index contributed by atoms with van der Waals surface area (Å²) in [5.74, 6) is 0.0911. The average molecular weight is 394 g/mol. The molecular formula is C22H19FN2O4. The van der Waals surface area contributed by atoms with Gasteiger partial charge in [-0.25, -0.2) is 4.39 Å². The van der Waals surface area contributed by atoms with E-state index in [9.17, 15) is 19.3 Å². The molecule has 0 aliphatic rings. The summed E-state index contributed by atoms with van der Waals surface area (Å²) in [6.45, 7) is 1.79. The molecule has 3 rings (SSSR count). The zero-order valence-corrected chi connectivity index (χ0v) is 15.9. The number of nitrogens with zero attached hydrogens (tertiary/aromatic N) is 2. The molecule has 0 bridgehead atoms. The van der Waals surface area contributed by atoms with Crippen LogP contribution in [0.25, 0.3) is 17.4 Å². The molecule has 0 saturated carbocycles. The van der Waals surface area contributed by atoms with Crippen molar-refractivity contribution >= 4 is 17.7 Å². The Hall–Kier alpha value is -3.74. The van der Waals surface area contributed by atoms with E-state index in [4.69, 9.17) is 4.42 Å². The van der Waals surface area contributed by atoms with Crippen molar-refractivity contribution in [1.29, 1.82) is 0 Å². The number of furan rings is 1. The van der Waals surface area contributed by atoms with Crippen LogP contribution in [-0.2, 0) is 4.79 Å². The first kappa shape index (κ1) is 20.0. The summed E-state index contributed by atoms with van der Waals surface area (Å²) in [5, 5.41) is 10.9. The number of rotatable bonds is 6. The third-order valence-electron chi connectivity index (χ3n) is 4.65. The lowest BCUT2D eigenvalue weighted by molar-refractivity contribution is -0.384. The molecule has 0 fully saturated rings. The maximum absolute atomic E-state index is 13.9. The van der Waals surface area contributed by atoms with Gasteiger partial charge in [0, 0.05) is 25.3 Å². The van der Waals surface area contributed by atoms with Crippen molar-refractivity contribution in [1.82, 2.24) is 4.90 Å². The van der Waals surface area contributed by atoms with Gasteiger partial charge in [0.15, 0.2) is 0 Å². The van der Waals surface area contributed by atoms with Crippen LogP contribution in [0.5, 0.6) is 0 Å². The van der Waals surface area contributed by atoms with Gasteiger partial charge in [-0.05, 0) is 42.8 Å². The van der Waals surface area contributed by atoms with E-state index in [2.05, 4.69) is 0 Å². The van der Waals surface area contributed by atoms with E-state index in [-0.39, 0.29) is 23.5 Å². The standard InChI is InChI=1S/C22H19FN2O4/c1-15(16-6-5-7-17(14-16)25(27)28)24(2)22(26)13-11-18-10-12-21(29-18)19-8-3-4-9-20(19)23/h3-15H,1-2H3/b13-11+/t15-/m0/s1. The minimum Gasteiger partial charge on any atom is -0.457 e. The lowest BCUT2D eigenvalue weighted by atomic mass is 10.1. The Balaban J connectivity index is 1.71. The minimum absolute atomic E-state index is 0.0259. The van der Waals surface area contributed by atoms with Crippen LogP contribution in [0.15, 0.2) is 71.2 Å². The summed E-state index contributed by atoms with van der Waals surface area (Å²) >= 11 is 0. The van der Waals surface area contributed by atoms with Gasteiger partial charge in [-0.2, -0.15) is 0 Å². The van der Waals surface area contributed by atoms with Gasteiger partial charge in [-0.15, -0.1) is 0 Å². The van der Waals surface area contributed by atoms with E-state index >= 15 is 0 Å². The Morgan fingerprint density at radius 2 is 1.93 bits per heavy atom. The number of halogens is 1. The van der Waals surface area contributed by atoms with Gasteiger partial charge in [0.2, 0.25) is 5.91 Å². The van der Waals surface area contributed by atoms with Crippen LogP contribution in [0.3, 0.4) is 0 Å². The third kappa shape index (κ3) is 4.57. The molecule has 6 nitrogen and oxygen atoms in total. The summed E-state index contributed by atoms with van der Waals surface area (Å²) in [6, 6.07) is 15.4. The molecule has 0 N–H and O–H groups in total. The van der Waals surface area contributed by atoms with Crippen molar-refractivity contribution in [2.24, 2.45) is 0 Å². The SMILES string of the molecule is C[C@@H](c1cccc([N+](=O)[O-])c1)N(C)C(=O)/C=C/c1ccc(-c2ccccc2F)o1. The molecule has 7 heteroatoms. The molecular weight excluding hydrogens is 375 g/mol. The second kappa shape index (κ2) is 8.52. The van der Waals surface area contributed by atoms with Gasteiger partial charge in [0.05, 0.1) is 16.5 Å². The molecule has 0 aliphatic heterocycles. The van der Waals surface area contributed by atoms with Gasteiger partial charge in [0.1, 0.15) is 17.3 Å². The first-order valence-electron chi connectivity index (χ1n) is 8.91. The molecule has 0 spiro atoms. The lowest BCUT2D eigenvalue weighted by Gasteiger charge is -2.24. The van der Waals surface area contributed by atoms with Crippen molar-refractivity contribution in [2.45, 2.75) is 13.0 Å². The Kier molecular flexibility index (Phi) is 5.87. The summed E-state index contributed by atoms with van der Waals surface area (Å²) in [6.07, 6.45) is 2.85. The Morgan fingerprint density at radius 3 is 2.66 bits per heavy atom. The van der Waals surface area contributed by atoms with Crippen LogP contribution in [-0.4, -0.2) is 22.8 Å². The lowest BCUT2D eigenvalue weighted by Crippen LogP contribution is -2.28. The molecule has 29 heavy (non-hydrogen) atoms. The molecule has 1 atom stereocenters. The largest absolute Gasteiger partial charge is 0.457 e. The number of hydrogen-bond acceptors (Lipinski definition) is 4. The van der Waals surface area contributed by atoms with Crippen molar-refractivity contribution in [3.05, 3.63) is 94.0 Å². The first-order chi connectivity index (χ1) is 13.9. The summed E-state index contributed by atoms with van der Waals surface area (Å²) in [4.78, 5) is 24.4. The van der Waals surface area contributed by atoms with E-state index in [0.717, 1.165) is 0 Å². The number of hydrogen-bond donors (Lipinski definition) is 0. The highest BCUT2D eigenvalue weighted by molar-refractivity contribution is 5.91. The molecule has 1 aromatic heterocycles. The quantitative estimate of drug-likeness (QED) is 0.326. The molecule has 2 aromatic carbocycles. The number of likely N-dealkylation sites (N-methyl/N-ethyl adjacent to an activating group) is 1. The Labute approximate surface area is 167 Å². The Morgan fingerprint density at radius 1 is 1.17 bits per heavy atom. The van der Waals surface area contributed by atoms with E-state index in [1.807, 2.05) is 0 Å². The van der Waals surface area contributed by atoms with Gasteiger partial charge in [0.25, 0.3) is 5.69 Å². The smallest absolute Gasteiger partial charge is 0.269 e. The van der Waals surface area contributed by atoms with Crippen LogP contribution in [0.2, 0.25) is 0 Å². The van der Waals surface area contributed by atoms with Crippen molar-refractivity contribution in [2.75, 3.05) is 7.05 Å². The van der Waals surface area contributed by atoms with Crippen molar-refractivity contribution in [3.8, 4) is 11.3 Å². The zero-order chi connectivity index (χ0) is 21.0. The minimum atomic E-state index is -0.470. The van der Waals surface area contributed by atoms with Crippen molar-refractivity contribution in [3.63, 3.8) is 0 Å². The number of nitro benzene ring substituents is 1. The van der Waals surface area contributed by atoms with Crippen LogP contribution in [0.1, 0.15) is 24.3 Å². The molecule has 0 radical (unpaired) electrons. The fourth-order valence-corrected chi connectivity index (χ4v) is 2.83. The van der Waals surface area contributed by atoms with Crippen LogP contribution in [0, 0.1) is 15.9 Å². The number of carbonyl (C=O) groups is 1. The first-order valence-corrected chi connectivity index (χ1v) is 8.91. The molecule has 0 unspecified atom stereocenters. The van der Waals surface area contributed by atoms with Crippen molar-refractivity contribution < 1.29 is 18.5 Å². The van der Waals surface area contributed by atoms with Gasteiger partial charge in [-0.3, -0.25) is 14.9 Å². The monoisotopic (exact) mass is 394 g/mol. The number of benzene rings is 2.